The van der Waals surface area contributed by atoms with E-state index in [1.54, 1.807) is 12.1 Å². The lowest BCUT2D eigenvalue weighted by atomic mass is 10.1. The quantitative estimate of drug-likeness (QED) is 0.0983. The van der Waals surface area contributed by atoms with Crippen molar-refractivity contribution < 1.29 is 32.9 Å². The van der Waals surface area contributed by atoms with Crippen molar-refractivity contribution in [3.05, 3.63) is 65.4 Å². The van der Waals surface area contributed by atoms with Gasteiger partial charge in [0.1, 0.15) is 17.4 Å². The van der Waals surface area contributed by atoms with Gasteiger partial charge in [-0.05, 0) is 48.6 Å². The fraction of sp³-hybridized carbons (Fsp3) is 0.259. The zero-order valence-corrected chi connectivity index (χ0v) is 22.6. The molecule has 210 valence electrons. The summed E-state index contributed by atoms with van der Waals surface area (Å²) in [5.74, 6) is -3.46. The highest BCUT2D eigenvalue weighted by atomic mass is 32.2. The van der Waals surface area contributed by atoms with Crippen molar-refractivity contribution in [3.63, 3.8) is 0 Å². The van der Waals surface area contributed by atoms with Gasteiger partial charge in [0, 0.05) is 30.5 Å². The number of aromatic hydroxyl groups is 1. The highest BCUT2D eigenvalue weighted by Crippen LogP contribution is 2.38. The number of aromatic nitrogens is 1. The maximum absolute atomic E-state index is 15.5. The molecule has 4 rings (SSSR count). The first-order valence-corrected chi connectivity index (χ1v) is 13.1. The van der Waals surface area contributed by atoms with Gasteiger partial charge in [-0.2, -0.15) is 4.39 Å². The van der Waals surface area contributed by atoms with Crippen LogP contribution in [0.1, 0.15) is 24.0 Å². The highest BCUT2D eigenvalue weighted by Gasteiger charge is 2.25. The summed E-state index contributed by atoms with van der Waals surface area (Å²) in [4.78, 5) is 22.3. The first-order chi connectivity index (χ1) is 19.2. The number of nitrogens with one attached hydrogen (secondary N) is 1. The first kappa shape index (κ1) is 28.6. The van der Waals surface area contributed by atoms with Crippen molar-refractivity contribution >= 4 is 29.4 Å². The van der Waals surface area contributed by atoms with E-state index in [9.17, 15) is 14.3 Å². The Bertz CT molecular complexity index is 1470. The second-order valence-electron chi connectivity index (χ2n) is 8.67. The molecule has 0 amide bonds. The fourth-order valence-corrected chi connectivity index (χ4v) is 4.66. The van der Waals surface area contributed by atoms with Gasteiger partial charge in [0.2, 0.25) is 11.6 Å². The Morgan fingerprint density at radius 2 is 2.00 bits per heavy atom. The van der Waals surface area contributed by atoms with Gasteiger partial charge in [0.15, 0.2) is 17.3 Å². The van der Waals surface area contributed by atoms with Crippen LogP contribution in [0.5, 0.6) is 28.9 Å². The van der Waals surface area contributed by atoms with E-state index >= 15 is 4.39 Å². The Hall–Kier alpha value is -4.39. The van der Waals surface area contributed by atoms with E-state index < -0.39 is 23.3 Å². The molecule has 0 unspecified atom stereocenters. The van der Waals surface area contributed by atoms with E-state index in [0.717, 1.165) is 11.1 Å². The summed E-state index contributed by atoms with van der Waals surface area (Å²) in [5.41, 5.74) is 6.23. The van der Waals surface area contributed by atoms with E-state index in [-0.39, 0.29) is 34.6 Å². The molecule has 2 aromatic carbocycles. The van der Waals surface area contributed by atoms with Crippen LogP contribution in [0.4, 0.5) is 8.78 Å². The molecule has 13 heteroatoms. The van der Waals surface area contributed by atoms with Crippen LogP contribution in [0.3, 0.4) is 0 Å². The molecule has 0 aliphatic carbocycles. The van der Waals surface area contributed by atoms with Gasteiger partial charge in [-0.15, -0.1) is 11.8 Å². The maximum Gasteiger partial charge on any atom is 0.305 e. The van der Waals surface area contributed by atoms with Crippen LogP contribution in [-0.2, 0) is 9.53 Å². The van der Waals surface area contributed by atoms with Gasteiger partial charge in [-0.1, -0.05) is 0 Å². The molecule has 0 bridgehead atoms. The third kappa shape index (κ3) is 6.60. The van der Waals surface area contributed by atoms with Crippen molar-refractivity contribution in [3.8, 4) is 28.9 Å². The molecule has 10 nitrogen and oxygen atoms in total. The van der Waals surface area contributed by atoms with Crippen LogP contribution in [0, 0.1) is 17.0 Å². The van der Waals surface area contributed by atoms with Crippen molar-refractivity contribution in [1.29, 1.82) is 5.41 Å². The summed E-state index contributed by atoms with van der Waals surface area (Å²) in [6.45, 7) is 1.23. The Kier molecular flexibility index (Phi) is 9.04. The molecule has 1 aliphatic rings. The third-order valence-electron chi connectivity index (χ3n) is 5.86. The van der Waals surface area contributed by atoms with Crippen molar-refractivity contribution in [2.45, 2.75) is 17.7 Å². The number of halogens is 2. The number of pyridine rings is 1. The van der Waals surface area contributed by atoms with Gasteiger partial charge >= 0.3 is 5.97 Å². The average Bonchev–Trinajstić information content (AvgIpc) is 3.37. The average molecular weight is 572 g/mol. The topological polar surface area (TPSA) is 143 Å². The molecule has 1 aliphatic heterocycles. The number of aliphatic imine (C=N–C) groups is 1. The maximum atomic E-state index is 15.5. The molecule has 40 heavy (non-hydrogen) atoms. The molecule has 4 N–H and O–H groups in total. The highest BCUT2D eigenvalue weighted by molar-refractivity contribution is 7.99. The lowest BCUT2D eigenvalue weighted by Gasteiger charge is -2.19. The normalized spacial score (nSPS) is 12.7. The number of thioether (sulfide) groups is 1. The van der Waals surface area contributed by atoms with Crippen LogP contribution < -0.4 is 15.2 Å². The standard InChI is InChI=1S/C27H27F2N5O5S/c1-34-10-9-32-26(34)17-13-16(40-11-3-4-22(36)37-2)6-8-20(17)38-24-18(28)14-33-27(23(24)29)39-21-12-15(25(30)31)5-7-19(21)35/h5-8,12-14,35H,3-4,9-11H2,1-2H3,(H3,30,31). The number of phenolic OH excluding ortho intramolecular Hbond substituents is 1. The number of hydrogen-bond donors (Lipinski definition) is 3. The minimum absolute atomic E-state index is 0.155. The number of phenols is 1. The molecule has 1 aromatic heterocycles. The Labute approximate surface area is 233 Å². The number of carbonyl (C=O) groups is 1. The second-order valence-corrected chi connectivity index (χ2v) is 9.84. The summed E-state index contributed by atoms with van der Waals surface area (Å²) in [6, 6.07) is 9.00. The molecule has 0 radical (unpaired) electrons. The lowest BCUT2D eigenvalue weighted by Crippen LogP contribution is -2.24. The van der Waals surface area contributed by atoms with E-state index in [1.807, 2.05) is 18.0 Å². The third-order valence-corrected chi connectivity index (χ3v) is 6.94. The number of likely N-dealkylation sites (N-methyl/N-ethyl adjacent to an activating group) is 1. The van der Waals surface area contributed by atoms with E-state index in [1.165, 1.54) is 37.1 Å². The molecule has 0 saturated heterocycles. The summed E-state index contributed by atoms with van der Waals surface area (Å²) in [6.07, 6.45) is 1.66. The molecule has 0 saturated carbocycles. The van der Waals surface area contributed by atoms with Gasteiger partial charge in [0.05, 0.1) is 25.4 Å². The Morgan fingerprint density at radius 1 is 1.20 bits per heavy atom. The van der Waals surface area contributed by atoms with Crippen LogP contribution in [0.2, 0.25) is 0 Å². The number of ether oxygens (including phenoxy) is 3. The van der Waals surface area contributed by atoms with Gasteiger partial charge in [-0.3, -0.25) is 15.2 Å². The number of esters is 1. The van der Waals surface area contributed by atoms with E-state index in [2.05, 4.69) is 14.7 Å². The van der Waals surface area contributed by atoms with Crippen LogP contribution in [0.15, 0.2) is 52.5 Å². The van der Waals surface area contributed by atoms with Crippen LogP contribution in [-0.4, -0.2) is 65.6 Å². The smallest absolute Gasteiger partial charge is 0.305 e. The number of nitrogens with zero attached hydrogens (tertiary/aromatic N) is 3. The van der Waals surface area contributed by atoms with Crippen LogP contribution >= 0.6 is 11.8 Å². The van der Waals surface area contributed by atoms with Crippen molar-refractivity contribution in [1.82, 2.24) is 9.88 Å². The summed E-state index contributed by atoms with van der Waals surface area (Å²) >= 11 is 1.51. The number of nitrogens with two attached hydrogens (primary N) is 1. The Morgan fingerprint density at radius 3 is 2.70 bits per heavy atom. The van der Waals surface area contributed by atoms with Crippen LogP contribution in [0.25, 0.3) is 0 Å². The first-order valence-electron chi connectivity index (χ1n) is 12.1. The SMILES string of the molecule is COC(=O)CCCSc1ccc(Oc2c(F)cnc(Oc3cc(C(=N)N)ccc3O)c2F)c(C2=NCCN2C)c1. The number of benzene rings is 2. The van der Waals surface area contributed by atoms with Gasteiger partial charge in [0.25, 0.3) is 5.88 Å². The predicted molar refractivity (Wildman–Crippen MR) is 146 cm³/mol. The summed E-state index contributed by atoms with van der Waals surface area (Å²) in [5, 5.41) is 17.7. The fourth-order valence-electron chi connectivity index (χ4n) is 3.77. The lowest BCUT2D eigenvalue weighted by molar-refractivity contribution is -0.140. The van der Waals surface area contributed by atoms with Gasteiger partial charge < -0.3 is 30.0 Å². The molecule has 0 spiro atoms. The minimum Gasteiger partial charge on any atom is -0.504 e. The zero-order chi connectivity index (χ0) is 28.8. The molecule has 0 atom stereocenters. The number of carbonyl (C=O) groups excluding carboxylic acids is 1. The summed E-state index contributed by atoms with van der Waals surface area (Å²) < 4.78 is 46.1. The van der Waals surface area contributed by atoms with Crippen molar-refractivity contribution in [2.75, 3.05) is 33.0 Å². The minimum atomic E-state index is -1.23. The molecular weight excluding hydrogens is 544 g/mol. The summed E-state index contributed by atoms with van der Waals surface area (Å²) in [7, 11) is 3.20. The number of amidine groups is 2. The van der Waals surface area contributed by atoms with E-state index in [0.29, 0.717) is 43.1 Å². The molecule has 0 fully saturated rings. The number of methoxy groups -OCH3 is 1. The monoisotopic (exact) mass is 571 g/mol. The molecule has 2 heterocycles. The number of nitrogen functional groups attached to an aromatic ring is 1. The second kappa shape index (κ2) is 12.6. The Balaban J connectivity index is 1.63. The van der Waals surface area contributed by atoms with E-state index in [4.69, 9.17) is 20.6 Å². The molecule has 3 aromatic rings. The largest absolute Gasteiger partial charge is 0.504 e. The number of rotatable bonds is 11. The zero-order valence-electron chi connectivity index (χ0n) is 21.7. The molecular formula is C27H27F2N5O5S. The van der Waals surface area contributed by atoms with Gasteiger partial charge in [-0.25, -0.2) is 9.37 Å². The number of hydrogen-bond acceptors (Lipinski definition) is 10. The predicted octanol–water partition coefficient (Wildman–Crippen LogP) is 4.67. The van der Waals surface area contributed by atoms with Crippen molar-refractivity contribution in [2.24, 2.45) is 10.7 Å².